The third kappa shape index (κ3) is 3.79. The van der Waals surface area contributed by atoms with Crippen LogP contribution in [0, 0.1) is 17.0 Å². The monoisotopic (exact) mass is 301 g/mol. The highest BCUT2D eigenvalue weighted by Crippen LogP contribution is 2.24. The number of nitrogens with zero attached hydrogens (tertiary/aromatic N) is 2. The second-order valence-electron chi connectivity index (χ2n) is 5.43. The second kappa shape index (κ2) is 6.53. The zero-order chi connectivity index (χ0) is 16.2. The number of hydrogen-bond acceptors (Lipinski definition) is 5. The van der Waals surface area contributed by atoms with Gasteiger partial charge in [0.1, 0.15) is 12.0 Å². The molecule has 0 aliphatic heterocycles. The Balaban J connectivity index is 1.96. The standard InChI is InChI=1S/C16H19N3O3/c1-12-10-15(18-11-14(12)19(21)22)17-9-8-16(2,20)13-6-4-3-5-7-13/h3-7,10-11,20H,8-9H2,1-2H3,(H,17,18). The molecule has 2 N–H and O–H groups in total. The van der Waals surface area contributed by atoms with E-state index in [0.29, 0.717) is 24.3 Å². The van der Waals surface area contributed by atoms with Crippen molar-refractivity contribution in [2.75, 3.05) is 11.9 Å². The van der Waals surface area contributed by atoms with Crippen LogP contribution in [0.1, 0.15) is 24.5 Å². The lowest BCUT2D eigenvalue weighted by Crippen LogP contribution is -2.24. The summed E-state index contributed by atoms with van der Waals surface area (Å²) in [7, 11) is 0. The molecule has 0 saturated heterocycles. The van der Waals surface area contributed by atoms with E-state index in [1.807, 2.05) is 30.3 Å². The normalized spacial score (nSPS) is 13.4. The number of hydrogen-bond donors (Lipinski definition) is 2. The van der Waals surface area contributed by atoms with E-state index >= 15 is 0 Å². The van der Waals surface area contributed by atoms with E-state index in [9.17, 15) is 15.2 Å². The first-order chi connectivity index (χ1) is 10.4. The van der Waals surface area contributed by atoms with Crippen LogP contribution >= 0.6 is 0 Å². The lowest BCUT2D eigenvalue weighted by Gasteiger charge is -2.24. The quantitative estimate of drug-likeness (QED) is 0.632. The number of aliphatic hydroxyl groups is 1. The molecule has 1 atom stereocenters. The summed E-state index contributed by atoms with van der Waals surface area (Å²) in [5.74, 6) is 0.562. The summed E-state index contributed by atoms with van der Waals surface area (Å²) in [6.07, 6.45) is 1.74. The smallest absolute Gasteiger partial charge is 0.290 e. The fourth-order valence-corrected chi connectivity index (χ4v) is 2.21. The predicted molar refractivity (Wildman–Crippen MR) is 84.7 cm³/mol. The molecule has 6 heteroatoms. The Morgan fingerprint density at radius 1 is 1.36 bits per heavy atom. The molecule has 0 radical (unpaired) electrons. The topological polar surface area (TPSA) is 88.3 Å². The maximum atomic E-state index is 10.7. The van der Waals surface area contributed by atoms with Gasteiger partial charge in [0.05, 0.1) is 10.5 Å². The van der Waals surface area contributed by atoms with Crippen molar-refractivity contribution in [2.24, 2.45) is 0 Å². The van der Waals surface area contributed by atoms with Gasteiger partial charge in [-0.1, -0.05) is 30.3 Å². The Morgan fingerprint density at radius 2 is 2.05 bits per heavy atom. The van der Waals surface area contributed by atoms with Crippen molar-refractivity contribution < 1.29 is 10.0 Å². The molecule has 0 fully saturated rings. The van der Waals surface area contributed by atoms with Crippen molar-refractivity contribution in [1.82, 2.24) is 4.98 Å². The van der Waals surface area contributed by atoms with Crippen LogP contribution in [0.25, 0.3) is 0 Å². The maximum absolute atomic E-state index is 10.7. The molecule has 0 amide bonds. The van der Waals surface area contributed by atoms with Crippen LogP contribution in [0.4, 0.5) is 11.5 Å². The zero-order valence-electron chi connectivity index (χ0n) is 12.6. The van der Waals surface area contributed by atoms with E-state index < -0.39 is 10.5 Å². The number of rotatable bonds is 6. The highest BCUT2D eigenvalue weighted by molar-refractivity contribution is 5.46. The Morgan fingerprint density at radius 3 is 2.64 bits per heavy atom. The summed E-state index contributed by atoms with van der Waals surface area (Å²) in [5, 5.41) is 24.3. The fourth-order valence-electron chi connectivity index (χ4n) is 2.21. The Hall–Kier alpha value is -2.47. The average molecular weight is 301 g/mol. The third-order valence-electron chi connectivity index (χ3n) is 3.59. The van der Waals surface area contributed by atoms with E-state index in [1.54, 1.807) is 19.9 Å². The van der Waals surface area contributed by atoms with Crippen molar-refractivity contribution >= 4 is 11.5 Å². The summed E-state index contributed by atoms with van der Waals surface area (Å²) in [5.41, 5.74) is 0.466. The molecule has 22 heavy (non-hydrogen) atoms. The largest absolute Gasteiger partial charge is 0.385 e. The Kier molecular flexibility index (Phi) is 4.72. The average Bonchev–Trinajstić information content (AvgIpc) is 2.47. The minimum absolute atomic E-state index is 0.00170. The molecule has 6 nitrogen and oxygen atoms in total. The fraction of sp³-hybridized carbons (Fsp3) is 0.312. The van der Waals surface area contributed by atoms with Gasteiger partial charge in [0, 0.05) is 12.1 Å². The third-order valence-corrected chi connectivity index (χ3v) is 3.59. The number of aryl methyl sites for hydroxylation is 1. The summed E-state index contributed by atoms with van der Waals surface area (Å²) < 4.78 is 0. The van der Waals surface area contributed by atoms with E-state index in [2.05, 4.69) is 10.3 Å². The van der Waals surface area contributed by atoms with Crippen molar-refractivity contribution in [3.05, 3.63) is 63.8 Å². The number of aromatic nitrogens is 1. The minimum atomic E-state index is -0.940. The van der Waals surface area contributed by atoms with Gasteiger partial charge in [-0.3, -0.25) is 10.1 Å². The molecule has 0 bridgehead atoms. The van der Waals surface area contributed by atoms with Gasteiger partial charge in [-0.2, -0.15) is 0 Å². The lowest BCUT2D eigenvalue weighted by molar-refractivity contribution is -0.385. The molecular formula is C16H19N3O3. The maximum Gasteiger partial charge on any atom is 0.290 e. The minimum Gasteiger partial charge on any atom is -0.385 e. The molecule has 2 aromatic rings. The summed E-state index contributed by atoms with van der Waals surface area (Å²) in [6.45, 7) is 3.94. The Bertz CT molecular complexity index is 657. The first-order valence-electron chi connectivity index (χ1n) is 7.03. The number of anilines is 1. The molecule has 1 unspecified atom stereocenters. The van der Waals surface area contributed by atoms with Gasteiger partial charge in [-0.15, -0.1) is 0 Å². The van der Waals surface area contributed by atoms with E-state index in [0.717, 1.165) is 5.56 Å². The summed E-state index contributed by atoms with van der Waals surface area (Å²) >= 11 is 0. The molecule has 0 aliphatic rings. The molecule has 116 valence electrons. The highest BCUT2D eigenvalue weighted by atomic mass is 16.6. The van der Waals surface area contributed by atoms with Crippen LogP contribution in [0.15, 0.2) is 42.6 Å². The number of benzene rings is 1. The molecule has 0 saturated carbocycles. The van der Waals surface area contributed by atoms with Gasteiger partial charge in [0.15, 0.2) is 0 Å². The summed E-state index contributed by atoms with van der Waals surface area (Å²) in [4.78, 5) is 14.3. The van der Waals surface area contributed by atoms with Crippen LogP contribution < -0.4 is 5.32 Å². The lowest BCUT2D eigenvalue weighted by atomic mass is 9.93. The Labute approximate surface area is 129 Å². The van der Waals surface area contributed by atoms with E-state index in [4.69, 9.17) is 0 Å². The molecule has 0 aliphatic carbocycles. The van der Waals surface area contributed by atoms with Gasteiger partial charge in [-0.25, -0.2) is 4.98 Å². The molecule has 2 rings (SSSR count). The van der Waals surface area contributed by atoms with Crippen LogP contribution in [0.5, 0.6) is 0 Å². The molecular weight excluding hydrogens is 282 g/mol. The molecule has 1 aromatic heterocycles. The van der Waals surface area contributed by atoms with Crippen LogP contribution in [0.2, 0.25) is 0 Å². The van der Waals surface area contributed by atoms with Gasteiger partial charge in [-0.05, 0) is 31.9 Å². The molecule has 1 aromatic carbocycles. The summed E-state index contributed by atoms with van der Waals surface area (Å²) in [6, 6.07) is 11.1. The van der Waals surface area contributed by atoms with Gasteiger partial charge >= 0.3 is 0 Å². The van der Waals surface area contributed by atoms with Crippen molar-refractivity contribution in [3.63, 3.8) is 0 Å². The van der Waals surface area contributed by atoms with Crippen LogP contribution in [-0.2, 0) is 5.60 Å². The molecule has 1 heterocycles. The van der Waals surface area contributed by atoms with Gasteiger partial charge < -0.3 is 10.4 Å². The van der Waals surface area contributed by atoms with Crippen LogP contribution in [-0.4, -0.2) is 21.6 Å². The van der Waals surface area contributed by atoms with E-state index in [1.165, 1.54) is 6.20 Å². The second-order valence-corrected chi connectivity index (χ2v) is 5.43. The number of pyridine rings is 1. The predicted octanol–water partition coefficient (Wildman–Crippen LogP) is 3.01. The number of nitro groups is 1. The zero-order valence-corrected chi connectivity index (χ0v) is 12.6. The van der Waals surface area contributed by atoms with E-state index in [-0.39, 0.29) is 5.69 Å². The SMILES string of the molecule is Cc1cc(NCCC(C)(O)c2ccccc2)ncc1[N+](=O)[O-]. The van der Waals surface area contributed by atoms with Crippen molar-refractivity contribution in [3.8, 4) is 0 Å². The first-order valence-corrected chi connectivity index (χ1v) is 7.03. The highest BCUT2D eigenvalue weighted by Gasteiger charge is 2.22. The van der Waals surface area contributed by atoms with Crippen molar-refractivity contribution in [1.29, 1.82) is 0 Å². The van der Waals surface area contributed by atoms with Gasteiger partial charge in [0.25, 0.3) is 5.69 Å². The van der Waals surface area contributed by atoms with Crippen molar-refractivity contribution in [2.45, 2.75) is 25.9 Å². The molecule has 0 spiro atoms. The van der Waals surface area contributed by atoms with Gasteiger partial charge in [0.2, 0.25) is 0 Å². The number of nitrogens with one attached hydrogen (secondary N) is 1. The first kappa shape index (κ1) is 15.9. The van der Waals surface area contributed by atoms with Crippen LogP contribution in [0.3, 0.4) is 0 Å².